The fourth-order valence-electron chi connectivity index (χ4n) is 2.22. The van der Waals surface area contributed by atoms with Gasteiger partial charge in [0.05, 0.1) is 14.2 Å². The van der Waals surface area contributed by atoms with E-state index in [0.29, 0.717) is 0 Å². The second-order valence-corrected chi connectivity index (χ2v) is 4.92. The number of unbranched alkanes of at least 4 members (excludes halogenated alkanes) is 1. The molecule has 0 atom stereocenters. The molecule has 0 saturated carbocycles. The summed E-state index contributed by atoms with van der Waals surface area (Å²) in [5.74, 6) is 1.83. The molecule has 2 aromatic carbocycles. The van der Waals surface area contributed by atoms with Crippen LogP contribution in [-0.2, 0) is 6.42 Å². The maximum atomic E-state index is 5.24. The Kier molecular flexibility index (Phi) is 5.89. The molecule has 0 spiro atoms. The van der Waals surface area contributed by atoms with Crippen molar-refractivity contribution in [3.8, 4) is 11.5 Å². The highest BCUT2D eigenvalue weighted by atomic mass is 16.5. The zero-order valence-electron chi connectivity index (χ0n) is 12.7. The third kappa shape index (κ3) is 4.99. The molecule has 0 fully saturated rings. The molecule has 0 heterocycles. The van der Waals surface area contributed by atoms with E-state index in [9.17, 15) is 0 Å². The number of hydrogen-bond acceptors (Lipinski definition) is 2. The molecule has 0 saturated heterocycles. The molecular formula is C19H22O2. The molecule has 0 aliphatic rings. The van der Waals surface area contributed by atoms with E-state index in [1.54, 1.807) is 14.2 Å². The monoisotopic (exact) mass is 282 g/mol. The van der Waals surface area contributed by atoms with E-state index in [1.807, 2.05) is 30.3 Å². The van der Waals surface area contributed by atoms with Crippen LogP contribution in [-0.4, -0.2) is 14.2 Å². The van der Waals surface area contributed by atoms with Gasteiger partial charge < -0.3 is 9.47 Å². The Bertz CT molecular complexity index is 588. The Hall–Kier alpha value is -2.22. The minimum Gasteiger partial charge on any atom is -0.497 e. The van der Waals surface area contributed by atoms with E-state index >= 15 is 0 Å². The summed E-state index contributed by atoms with van der Waals surface area (Å²) in [5.41, 5.74) is 2.50. The van der Waals surface area contributed by atoms with Gasteiger partial charge in [-0.25, -0.2) is 0 Å². The van der Waals surface area contributed by atoms with E-state index < -0.39 is 0 Å². The highest BCUT2D eigenvalue weighted by Crippen LogP contribution is 2.16. The van der Waals surface area contributed by atoms with Crippen molar-refractivity contribution in [2.75, 3.05) is 14.2 Å². The topological polar surface area (TPSA) is 18.5 Å². The Morgan fingerprint density at radius 1 is 0.905 bits per heavy atom. The van der Waals surface area contributed by atoms with Crippen molar-refractivity contribution in [1.82, 2.24) is 0 Å². The molecule has 0 aliphatic carbocycles. The molecule has 110 valence electrons. The van der Waals surface area contributed by atoms with Crippen molar-refractivity contribution < 1.29 is 9.47 Å². The number of benzene rings is 2. The summed E-state index contributed by atoms with van der Waals surface area (Å²) in [6.07, 6.45) is 7.63. The molecule has 21 heavy (non-hydrogen) atoms. The van der Waals surface area contributed by atoms with Gasteiger partial charge in [-0.3, -0.25) is 0 Å². The SMILES string of the molecule is COc1cccc(/C=C/CCCc2cccc(OC)c2)c1. The van der Waals surface area contributed by atoms with Gasteiger partial charge in [-0.2, -0.15) is 0 Å². The van der Waals surface area contributed by atoms with Crippen LogP contribution in [0, 0.1) is 0 Å². The van der Waals surface area contributed by atoms with Crippen LogP contribution in [0.5, 0.6) is 11.5 Å². The summed E-state index contributed by atoms with van der Waals surface area (Å²) < 4.78 is 10.5. The molecule has 0 aliphatic heterocycles. The van der Waals surface area contributed by atoms with Crippen molar-refractivity contribution in [3.05, 3.63) is 65.7 Å². The summed E-state index contributed by atoms with van der Waals surface area (Å²) in [7, 11) is 3.40. The van der Waals surface area contributed by atoms with Gasteiger partial charge in [-0.1, -0.05) is 36.4 Å². The van der Waals surface area contributed by atoms with Crippen LogP contribution >= 0.6 is 0 Å². The standard InChI is InChI=1S/C19H22O2/c1-20-18-12-6-10-16(14-18)8-4-3-5-9-17-11-7-13-19(15-17)21-2/h4,6-8,10-15H,3,5,9H2,1-2H3/b8-4+. The van der Waals surface area contributed by atoms with Crippen LogP contribution in [0.2, 0.25) is 0 Å². The van der Waals surface area contributed by atoms with E-state index in [1.165, 1.54) is 11.1 Å². The molecule has 2 rings (SSSR count). The quantitative estimate of drug-likeness (QED) is 0.683. The van der Waals surface area contributed by atoms with Crippen molar-refractivity contribution in [2.24, 2.45) is 0 Å². The van der Waals surface area contributed by atoms with Crippen LogP contribution in [0.1, 0.15) is 24.0 Å². The number of methoxy groups -OCH3 is 2. The lowest BCUT2D eigenvalue weighted by atomic mass is 10.1. The fourth-order valence-corrected chi connectivity index (χ4v) is 2.22. The summed E-state index contributed by atoms with van der Waals surface area (Å²) in [5, 5.41) is 0. The lowest BCUT2D eigenvalue weighted by Gasteiger charge is -2.03. The minimum absolute atomic E-state index is 0.897. The first kappa shape index (κ1) is 15.2. The fraction of sp³-hybridized carbons (Fsp3) is 0.263. The molecule has 0 radical (unpaired) electrons. The van der Waals surface area contributed by atoms with Crippen molar-refractivity contribution >= 4 is 6.08 Å². The van der Waals surface area contributed by atoms with Gasteiger partial charge in [0.25, 0.3) is 0 Å². The smallest absolute Gasteiger partial charge is 0.119 e. The predicted octanol–water partition coefficient (Wildman–Crippen LogP) is 4.74. The minimum atomic E-state index is 0.897. The maximum Gasteiger partial charge on any atom is 0.119 e. The molecule has 2 aromatic rings. The third-order valence-corrected chi connectivity index (χ3v) is 3.37. The van der Waals surface area contributed by atoms with Crippen LogP contribution < -0.4 is 9.47 Å². The van der Waals surface area contributed by atoms with Crippen LogP contribution in [0.15, 0.2) is 54.6 Å². The molecule has 2 heteroatoms. The van der Waals surface area contributed by atoms with Crippen LogP contribution in [0.3, 0.4) is 0 Å². The maximum absolute atomic E-state index is 5.24. The van der Waals surface area contributed by atoms with Gasteiger partial charge in [0, 0.05) is 0 Å². The highest BCUT2D eigenvalue weighted by Gasteiger charge is 1.95. The zero-order valence-corrected chi connectivity index (χ0v) is 12.7. The first-order valence-electron chi connectivity index (χ1n) is 7.25. The van der Waals surface area contributed by atoms with E-state index in [4.69, 9.17) is 9.47 Å². The van der Waals surface area contributed by atoms with Gasteiger partial charge >= 0.3 is 0 Å². The van der Waals surface area contributed by atoms with Gasteiger partial charge in [-0.15, -0.1) is 0 Å². The molecule has 2 nitrogen and oxygen atoms in total. The summed E-state index contributed by atoms with van der Waals surface area (Å²) in [6.45, 7) is 0. The third-order valence-electron chi connectivity index (χ3n) is 3.37. The zero-order chi connectivity index (χ0) is 14.9. The number of hydrogen-bond donors (Lipinski definition) is 0. The predicted molar refractivity (Wildman–Crippen MR) is 88.0 cm³/mol. The molecule has 0 N–H and O–H groups in total. The molecule has 0 bridgehead atoms. The summed E-state index contributed by atoms with van der Waals surface area (Å²) >= 11 is 0. The van der Waals surface area contributed by atoms with Crippen molar-refractivity contribution in [1.29, 1.82) is 0 Å². The van der Waals surface area contributed by atoms with Crippen LogP contribution in [0.4, 0.5) is 0 Å². The first-order chi connectivity index (χ1) is 10.3. The molecule has 0 amide bonds. The lowest BCUT2D eigenvalue weighted by Crippen LogP contribution is -1.87. The number of ether oxygens (including phenoxy) is 2. The second kappa shape index (κ2) is 8.15. The van der Waals surface area contributed by atoms with Gasteiger partial charge in [0.2, 0.25) is 0 Å². The Balaban J connectivity index is 1.79. The van der Waals surface area contributed by atoms with Gasteiger partial charge in [0.1, 0.15) is 11.5 Å². The van der Waals surface area contributed by atoms with E-state index in [-0.39, 0.29) is 0 Å². The molecule has 0 aromatic heterocycles. The highest BCUT2D eigenvalue weighted by molar-refractivity contribution is 5.51. The molecule has 0 unspecified atom stereocenters. The molecular weight excluding hydrogens is 260 g/mol. The van der Waals surface area contributed by atoms with E-state index in [0.717, 1.165) is 30.8 Å². The normalized spacial score (nSPS) is 10.8. The van der Waals surface area contributed by atoms with Crippen LogP contribution in [0.25, 0.3) is 6.08 Å². The van der Waals surface area contributed by atoms with Crippen molar-refractivity contribution in [2.45, 2.75) is 19.3 Å². The number of allylic oxidation sites excluding steroid dienone is 1. The van der Waals surface area contributed by atoms with Crippen molar-refractivity contribution in [3.63, 3.8) is 0 Å². The second-order valence-electron chi connectivity index (χ2n) is 4.92. The average molecular weight is 282 g/mol. The van der Waals surface area contributed by atoms with Gasteiger partial charge in [0.15, 0.2) is 0 Å². The number of rotatable bonds is 7. The first-order valence-corrected chi connectivity index (χ1v) is 7.25. The summed E-state index contributed by atoms with van der Waals surface area (Å²) in [6, 6.07) is 16.4. The Morgan fingerprint density at radius 3 is 2.38 bits per heavy atom. The van der Waals surface area contributed by atoms with Gasteiger partial charge in [-0.05, 0) is 54.7 Å². The van der Waals surface area contributed by atoms with E-state index in [2.05, 4.69) is 30.4 Å². The lowest BCUT2D eigenvalue weighted by molar-refractivity contribution is 0.414. The summed E-state index contributed by atoms with van der Waals surface area (Å²) in [4.78, 5) is 0. The Labute approximate surface area is 127 Å². The number of aryl methyl sites for hydroxylation is 1. The largest absolute Gasteiger partial charge is 0.497 e. The average Bonchev–Trinajstić information content (AvgIpc) is 2.55. The Morgan fingerprint density at radius 2 is 1.62 bits per heavy atom.